The van der Waals surface area contributed by atoms with Crippen LogP contribution < -0.4 is 9.47 Å². The molecule has 4 heteroatoms. The number of aromatic carboxylic acids is 1. The Hall–Kier alpha value is -2.49. The van der Waals surface area contributed by atoms with Gasteiger partial charge in [-0.15, -0.1) is 0 Å². The van der Waals surface area contributed by atoms with Crippen LogP contribution in [0.25, 0.3) is 0 Å². The minimum Gasteiger partial charge on any atom is -0.490 e. The highest BCUT2D eigenvalue weighted by atomic mass is 16.5. The van der Waals surface area contributed by atoms with Gasteiger partial charge in [-0.3, -0.25) is 0 Å². The van der Waals surface area contributed by atoms with E-state index in [0.717, 1.165) is 5.75 Å². The molecule has 0 saturated heterocycles. The summed E-state index contributed by atoms with van der Waals surface area (Å²) in [6.45, 7) is 4.85. The molecule has 2 aromatic rings. The van der Waals surface area contributed by atoms with Gasteiger partial charge in [-0.25, -0.2) is 4.79 Å². The van der Waals surface area contributed by atoms with E-state index in [1.807, 2.05) is 25.1 Å². The third-order valence-corrected chi connectivity index (χ3v) is 3.18. The van der Waals surface area contributed by atoms with Gasteiger partial charge < -0.3 is 14.6 Å². The van der Waals surface area contributed by atoms with Crippen molar-refractivity contribution < 1.29 is 19.4 Å². The van der Waals surface area contributed by atoms with Crippen molar-refractivity contribution >= 4 is 5.97 Å². The highest BCUT2D eigenvalue weighted by molar-refractivity contribution is 5.87. The Kier molecular flexibility index (Phi) is 4.82. The fraction of sp³-hybridized carbons (Fsp3) is 0.235. The zero-order valence-electron chi connectivity index (χ0n) is 12.1. The van der Waals surface area contributed by atoms with Gasteiger partial charge in [0.1, 0.15) is 24.7 Å². The van der Waals surface area contributed by atoms with Gasteiger partial charge in [-0.05, 0) is 55.3 Å². The van der Waals surface area contributed by atoms with E-state index >= 15 is 0 Å². The number of hydrogen-bond donors (Lipinski definition) is 1. The van der Waals surface area contributed by atoms with E-state index in [1.165, 1.54) is 23.3 Å². The summed E-state index contributed by atoms with van der Waals surface area (Å²) in [7, 11) is 0. The third kappa shape index (κ3) is 4.24. The molecule has 0 amide bonds. The minimum atomic E-state index is -0.966. The zero-order chi connectivity index (χ0) is 15.2. The number of carboxylic acids is 1. The maximum Gasteiger partial charge on any atom is 0.335 e. The highest BCUT2D eigenvalue weighted by Gasteiger charge is 2.04. The Morgan fingerprint density at radius 2 is 1.62 bits per heavy atom. The van der Waals surface area contributed by atoms with Crippen molar-refractivity contribution in [3.63, 3.8) is 0 Å². The van der Waals surface area contributed by atoms with Gasteiger partial charge in [0, 0.05) is 0 Å². The second-order valence-corrected chi connectivity index (χ2v) is 4.78. The highest BCUT2D eigenvalue weighted by Crippen LogP contribution is 2.17. The van der Waals surface area contributed by atoms with Crippen LogP contribution in [-0.4, -0.2) is 24.3 Å². The monoisotopic (exact) mass is 286 g/mol. The van der Waals surface area contributed by atoms with Crippen LogP contribution in [0, 0.1) is 13.8 Å². The molecule has 0 aliphatic carbocycles. The van der Waals surface area contributed by atoms with Crippen LogP contribution in [0.2, 0.25) is 0 Å². The Morgan fingerprint density at radius 3 is 2.24 bits per heavy atom. The van der Waals surface area contributed by atoms with Gasteiger partial charge in [0.25, 0.3) is 0 Å². The largest absolute Gasteiger partial charge is 0.490 e. The van der Waals surface area contributed by atoms with Crippen molar-refractivity contribution in [2.24, 2.45) is 0 Å². The standard InChI is InChI=1S/C17H18O4/c1-12-6-7-16(10-13(12)2)21-9-8-20-15-5-3-4-14(11-15)17(18)19/h3-7,10-11H,8-9H2,1-2H3,(H,18,19). The molecule has 110 valence electrons. The number of ether oxygens (including phenoxy) is 2. The number of carbonyl (C=O) groups is 1. The summed E-state index contributed by atoms with van der Waals surface area (Å²) in [5, 5.41) is 8.90. The van der Waals surface area contributed by atoms with Crippen LogP contribution in [0.1, 0.15) is 21.5 Å². The van der Waals surface area contributed by atoms with Crippen molar-refractivity contribution in [2.45, 2.75) is 13.8 Å². The first-order chi connectivity index (χ1) is 10.1. The first-order valence-electron chi connectivity index (χ1n) is 6.72. The van der Waals surface area contributed by atoms with Gasteiger partial charge in [0.2, 0.25) is 0 Å². The SMILES string of the molecule is Cc1ccc(OCCOc2cccc(C(=O)O)c2)cc1C. The number of hydrogen-bond acceptors (Lipinski definition) is 3. The fourth-order valence-corrected chi connectivity index (χ4v) is 1.84. The van der Waals surface area contributed by atoms with Crippen LogP contribution in [-0.2, 0) is 0 Å². The predicted octanol–water partition coefficient (Wildman–Crippen LogP) is 3.46. The van der Waals surface area contributed by atoms with Crippen LogP contribution in [0.5, 0.6) is 11.5 Å². The molecule has 0 aliphatic heterocycles. The van der Waals surface area contributed by atoms with E-state index in [0.29, 0.717) is 19.0 Å². The van der Waals surface area contributed by atoms with Gasteiger partial charge >= 0.3 is 5.97 Å². The quantitative estimate of drug-likeness (QED) is 0.826. The molecule has 0 spiro atoms. The fourth-order valence-electron chi connectivity index (χ4n) is 1.84. The molecular formula is C17H18O4. The van der Waals surface area contributed by atoms with E-state index in [9.17, 15) is 4.79 Å². The van der Waals surface area contributed by atoms with Crippen molar-refractivity contribution in [1.82, 2.24) is 0 Å². The number of aryl methyl sites for hydroxylation is 2. The summed E-state index contributed by atoms with van der Waals surface area (Å²) in [5.74, 6) is 0.367. The number of carboxylic acid groups (broad SMARTS) is 1. The molecule has 1 N–H and O–H groups in total. The molecule has 0 aliphatic rings. The van der Waals surface area contributed by atoms with E-state index in [4.69, 9.17) is 14.6 Å². The van der Waals surface area contributed by atoms with Crippen LogP contribution in [0.3, 0.4) is 0 Å². The van der Waals surface area contributed by atoms with E-state index in [2.05, 4.69) is 6.92 Å². The molecule has 0 radical (unpaired) electrons. The summed E-state index contributed by atoms with van der Waals surface area (Å²) in [6.07, 6.45) is 0. The third-order valence-electron chi connectivity index (χ3n) is 3.18. The maximum atomic E-state index is 10.8. The molecule has 0 atom stereocenters. The Balaban J connectivity index is 1.83. The smallest absolute Gasteiger partial charge is 0.335 e. The molecule has 0 unspecified atom stereocenters. The van der Waals surface area contributed by atoms with Crippen molar-refractivity contribution in [1.29, 1.82) is 0 Å². The molecule has 0 fully saturated rings. The summed E-state index contributed by atoms with van der Waals surface area (Å²) in [4.78, 5) is 10.8. The van der Waals surface area contributed by atoms with Gasteiger partial charge in [0.15, 0.2) is 0 Å². The maximum absolute atomic E-state index is 10.8. The molecule has 0 heterocycles. The first-order valence-corrected chi connectivity index (χ1v) is 6.72. The minimum absolute atomic E-state index is 0.211. The Labute approximate surface area is 123 Å². The van der Waals surface area contributed by atoms with Crippen molar-refractivity contribution in [2.75, 3.05) is 13.2 Å². The molecule has 2 rings (SSSR count). The summed E-state index contributed by atoms with van der Waals surface area (Å²) in [6, 6.07) is 12.3. The van der Waals surface area contributed by atoms with Gasteiger partial charge in [0.05, 0.1) is 5.56 Å². The van der Waals surface area contributed by atoms with E-state index < -0.39 is 5.97 Å². The molecule has 0 saturated carbocycles. The van der Waals surface area contributed by atoms with Crippen LogP contribution >= 0.6 is 0 Å². The lowest BCUT2D eigenvalue weighted by molar-refractivity contribution is 0.0696. The topological polar surface area (TPSA) is 55.8 Å². The van der Waals surface area contributed by atoms with Crippen molar-refractivity contribution in [3.8, 4) is 11.5 Å². The Bertz CT molecular complexity index is 634. The van der Waals surface area contributed by atoms with Crippen LogP contribution in [0.15, 0.2) is 42.5 Å². The molecule has 0 bridgehead atoms. The van der Waals surface area contributed by atoms with Gasteiger partial charge in [-0.1, -0.05) is 12.1 Å². The molecule has 0 aromatic heterocycles. The predicted molar refractivity (Wildman–Crippen MR) is 80.3 cm³/mol. The van der Waals surface area contributed by atoms with Crippen molar-refractivity contribution in [3.05, 3.63) is 59.2 Å². The number of benzene rings is 2. The lowest BCUT2D eigenvalue weighted by Crippen LogP contribution is -2.09. The average Bonchev–Trinajstić information content (AvgIpc) is 2.47. The normalized spacial score (nSPS) is 10.2. The average molecular weight is 286 g/mol. The first kappa shape index (κ1) is 14.9. The molecule has 2 aromatic carbocycles. The zero-order valence-corrected chi connectivity index (χ0v) is 12.1. The molecule has 21 heavy (non-hydrogen) atoms. The van der Waals surface area contributed by atoms with E-state index in [1.54, 1.807) is 12.1 Å². The van der Waals surface area contributed by atoms with Gasteiger partial charge in [-0.2, -0.15) is 0 Å². The lowest BCUT2D eigenvalue weighted by Gasteiger charge is -2.10. The molecular weight excluding hydrogens is 268 g/mol. The summed E-state index contributed by atoms with van der Waals surface area (Å²) >= 11 is 0. The second-order valence-electron chi connectivity index (χ2n) is 4.78. The Morgan fingerprint density at radius 1 is 0.952 bits per heavy atom. The number of rotatable bonds is 6. The lowest BCUT2D eigenvalue weighted by atomic mass is 10.1. The van der Waals surface area contributed by atoms with E-state index in [-0.39, 0.29) is 5.56 Å². The molecule has 4 nitrogen and oxygen atoms in total. The van der Waals surface area contributed by atoms with Crippen LogP contribution in [0.4, 0.5) is 0 Å². The second kappa shape index (κ2) is 6.79. The summed E-state index contributed by atoms with van der Waals surface area (Å²) in [5.41, 5.74) is 2.62. The summed E-state index contributed by atoms with van der Waals surface area (Å²) < 4.78 is 11.1.